The van der Waals surface area contributed by atoms with Crippen molar-refractivity contribution in [3.63, 3.8) is 0 Å². The molecule has 0 bridgehead atoms. The minimum Gasteiger partial charge on any atom is -0.329 e. The van der Waals surface area contributed by atoms with Gasteiger partial charge in [0, 0.05) is 23.7 Å². The van der Waals surface area contributed by atoms with Crippen LogP contribution in [0.3, 0.4) is 0 Å². The van der Waals surface area contributed by atoms with Gasteiger partial charge in [-0.15, -0.1) is 23.7 Å². The molecule has 0 aliphatic carbocycles. The Morgan fingerprint density at radius 2 is 2.17 bits per heavy atom. The van der Waals surface area contributed by atoms with Crippen molar-refractivity contribution in [2.45, 2.75) is 25.3 Å². The summed E-state index contributed by atoms with van der Waals surface area (Å²) in [6, 6.07) is 0. The topological polar surface area (TPSA) is 42.7 Å². The number of thiazole rings is 1. The van der Waals surface area contributed by atoms with Gasteiger partial charge in [-0.1, -0.05) is 0 Å². The molecule has 1 aliphatic rings. The number of aromatic nitrogens is 3. The van der Waals surface area contributed by atoms with Crippen molar-refractivity contribution in [2.75, 3.05) is 13.1 Å². The zero-order chi connectivity index (χ0) is 11.5. The van der Waals surface area contributed by atoms with Gasteiger partial charge in [-0.05, 0) is 25.9 Å². The summed E-state index contributed by atoms with van der Waals surface area (Å²) in [5, 5.41) is 5.50. The molecule has 3 rings (SSSR count). The first-order valence-electron chi connectivity index (χ1n) is 6.02. The zero-order valence-corrected chi connectivity index (χ0v) is 11.7. The first-order chi connectivity index (χ1) is 8.43. The van der Waals surface area contributed by atoms with E-state index in [9.17, 15) is 0 Å². The van der Waals surface area contributed by atoms with Gasteiger partial charge in [-0.2, -0.15) is 0 Å². The third-order valence-corrected chi connectivity index (χ3v) is 3.90. The van der Waals surface area contributed by atoms with Gasteiger partial charge in [0.15, 0.2) is 0 Å². The first kappa shape index (κ1) is 13.5. The van der Waals surface area contributed by atoms with Gasteiger partial charge in [-0.25, -0.2) is 9.97 Å². The van der Waals surface area contributed by atoms with Gasteiger partial charge in [0.05, 0.1) is 17.7 Å². The molecule has 98 valence electrons. The lowest BCUT2D eigenvalue weighted by Gasteiger charge is -2.22. The van der Waals surface area contributed by atoms with E-state index < -0.39 is 0 Å². The lowest BCUT2D eigenvalue weighted by molar-refractivity contribution is 0.433. The van der Waals surface area contributed by atoms with Gasteiger partial charge in [0.2, 0.25) is 0 Å². The highest BCUT2D eigenvalue weighted by molar-refractivity contribution is 7.07. The van der Waals surface area contributed by atoms with Crippen LogP contribution in [0.25, 0.3) is 0 Å². The maximum atomic E-state index is 4.53. The van der Waals surface area contributed by atoms with E-state index in [-0.39, 0.29) is 12.4 Å². The van der Waals surface area contributed by atoms with Crippen molar-refractivity contribution in [3.05, 3.63) is 34.8 Å². The van der Waals surface area contributed by atoms with Crippen LogP contribution >= 0.6 is 23.7 Å². The highest BCUT2D eigenvalue weighted by atomic mass is 35.5. The number of hydrogen-bond donors (Lipinski definition) is 1. The predicted octanol–water partition coefficient (Wildman–Crippen LogP) is 2.28. The van der Waals surface area contributed by atoms with Crippen LogP contribution < -0.4 is 5.32 Å². The summed E-state index contributed by atoms with van der Waals surface area (Å²) in [4.78, 5) is 8.87. The highest BCUT2D eigenvalue weighted by Gasteiger charge is 2.19. The van der Waals surface area contributed by atoms with Gasteiger partial charge in [-0.3, -0.25) is 0 Å². The van der Waals surface area contributed by atoms with Crippen LogP contribution in [0.4, 0.5) is 0 Å². The van der Waals surface area contributed by atoms with Crippen LogP contribution in [0.2, 0.25) is 0 Å². The fourth-order valence-corrected chi connectivity index (χ4v) is 2.93. The van der Waals surface area contributed by atoms with E-state index in [1.807, 2.05) is 11.7 Å². The van der Waals surface area contributed by atoms with E-state index in [1.54, 1.807) is 11.3 Å². The number of hydrogen-bond acceptors (Lipinski definition) is 4. The number of nitrogens with zero attached hydrogens (tertiary/aromatic N) is 3. The lowest BCUT2D eigenvalue weighted by Crippen LogP contribution is -2.28. The summed E-state index contributed by atoms with van der Waals surface area (Å²) < 4.78 is 2.24. The van der Waals surface area contributed by atoms with Crippen LogP contribution in [0.5, 0.6) is 0 Å². The molecular weight excluding hydrogens is 268 g/mol. The average Bonchev–Trinajstić information content (AvgIpc) is 3.02. The van der Waals surface area contributed by atoms with E-state index in [1.165, 1.54) is 18.7 Å². The standard InChI is InChI=1S/C12H16N4S.ClH/c1-3-13-4-2-10(1)12-14-5-6-16(12)7-11-8-17-9-15-11;/h5-6,8-10,13H,1-4,7H2;1H. The second-order valence-electron chi connectivity index (χ2n) is 4.42. The van der Waals surface area contributed by atoms with Crippen LogP contribution in [0, 0.1) is 0 Å². The Bertz CT molecular complexity index is 462. The Balaban J connectivity index is 0.00000120. The van der Waals surface area contributed by atoms with Gasteiger partial charge in [0.1, 0.15) is 5.82 Å². The molecule has 3 heterocycles. The van der Waals surface area contributed by atoms with Crippen molar-refractivity contribution < 1.29 is 0 Å². The quantitative estimate of drug-likeness (QED) is 0.940. The van der Waals surface area contributed by atoms with Crippen LogP contribution in [0.15, 0.2) is 23.3 Å². The van der Waals surface area contributed by atoms with Gasteiger partial charge in [0.25, 0.3) is 0 Å². The fourth-order valence-electron chi connectivity index (χ4n) is 2.38. The second kappa shape index (κ2) is 6.31. The molecule has 1 N–H and O–H groups in total. The first-order valence-corrected chi connectivity index (χ1v) is 6.96. The third kappa shape index (κ3) is 2.91. The van der Waals surface area contributed by atoms with Crippen molar-refractivity contribution >= 4 is 23.7 Å². The molecule has 2 aromatic rings. The molecule has 1 aliphatic heterocycles. The number of piperidine rings is 1. The van der Waals surface area contributed by atoms with E-state index >= 15 is 0 Å². The summed E-state index contributed by atoms with van der Waals surface area (Å²) >= 11 is 1.65. The summed E-state index contributed by atoms with van der Waals surface area (Å²) in [5.74, 6) is 1.82. The van der Waals surface area contributed by atoms with Crippen molar-refractivity contribution in [1.29, 1.82) is 0 Å². The van der Waals surface area contributed by atoms with E-state index in [2.05, 4.69) is 31.4 Å². The lowest BCUT2D eigenvalue weighted by atomic mass is 9.97. The number of imidazole rings is 1. The summed E-state index contributed by atoms with van der Waals surface area (Å²) in [6.45, 7) is 3.06. The van der Waals surface area contributed by atoms with Crippen LogP contribution in [-0.4, -0.2) is 27.6 Å². The maximum absolute atomic E-state index is 4.53. The summed E-state index contributed by atoms with van der Waals surface area (Å²) in [7, 11) is 0. The maximum Gasteiger partial charge on any atom is 0.112 e. The zero-order valence-electron chi connectivity index (χ0n) is 10.1. The van der Waals surface area contributed by atoms with E-state index in [0.717, 1.165) is 25.3 Å². The largest absolute Gasteiger partial charge is 0.329 e. The fraction of sp³-hybridized carbons (Fsp3) is 0.500. The Hall–Kier alpha value is -0.910. The number of rotatable bonds is 3. The highest BCUT2D eigenvalue weighted by Crippen LogP contribution is 2.24. The molecule has 0 atom stereocenters. The minimum absolute atomic E-state index is 0. The van der Waals surface area contributed by atoms with Crippen molar-refractivity contribution in [2.24, 2.45) is 0 Å². The van der Waals surface area contributed by atoms with Crippen LogP contribution in [0.1, 0.15) is 30.3 Å². The van der Waals surface area contributed by atoms with Gasteiger partial charge < -0.3 is 9.88 Å². The van der Waals surface area contributed by atoms with E-state index in [0.29, 0.717) is 5.92 Å². The molecule has 18 heavy (non-hydrogen) atoms. The SMILES string of the molecule is Cl.c1cn(Cc2cscn2)c(C2CCNCC2)n1. The monoisotopic (exact) mass is 284 g/mol. The van der Waals surface area contributed by atoms with Crippen LogP contribution in [-0.2, 0) is 6.54 Å². The molecule has 0 radical (unpaired) electrons. The van der Waals surface area contributed by atoms with E-state index in [4.69, 9.17) is 0 Å². The Morgan fingerprint density at radius 1 is 1.33 bits per heavy atom. The second-order valence-corrected chi connectivity index (χ2v) is 5.14. The number of halogens is 1. The molecule has 0 amide bonds. The normalized spacial score (nSPS) is 16.4. The average molecular weight is 285 g/mol. The summed E-state index contributed by atoms with van der Waals surface area (Å²) in [5.41, 5.74) is 3.01. The minimum atomic E-state index is 0. The smallest absolute Gasteiger partial charge is 0.112 e. The molecule has 2 aromatic heterocycles. The third-order valence-electron chi connectivity index (χ3n) is 3.27. The molecule has 1 saturated heterocycles. The number of nitrogens with one attached hydrogen (secondary N) is 1. The molecule has 4 nitrogen and oxygen atoms in total. The molecule has 1 fully saturated rings. The van der Waals surface area contributed by atoms with Crippen molar-refractivity contribution in [1.82, 2.24) is 19.9 Å². The molecule has 0 aromatic carbocycles. The molecule has 0 spiro atoms. The molecular formula is C12H17ClN4S. The predicted molar refractivity (Wildman–Crippen MR) is 75.5 cm³/mol. The molecule has 0 unspecified atom stereocenters. The Labute approximate surface area is 117 Å². The summed E-state index contributed by atoms with van der Waals surface area (Å²) in [6.07, 6.45) is 6.35. The molecule has 6 heteroatoms. The molecule has 0 saturated carbocycles. The van der Waals surface area contributed by atoms with Crippen molar-refractivity contribution in [3.8, 4) is 0 Å². The Kier molecular flexibility index (Phi) is 4.74. The Morgan fingerprint density at radius 3 is 2.89 bits per heavy atom. The van der Waals surface area contributed by atoms with Gasteiger partial charge >= 0.3 is 0 Å².